The molecule has 3 aliphatic carbocycles. The fraction of sp³-hybridized carbons (Fsp3) is 0.647. The Hall–Kier alpha value is -1.03. The number of halogens is 3. The smallest absolute Gasteiger partial charge is 0.307 e. The van der Waals surface area contributed by atoms with Gasteiger partial charge in [0.1, 0.15) is 0 Å². The molecule has 1 aromatic rings. The van der Waals surface area contributed by atoms with Gasteiger partial charge in [-0.05, 0) is 67.6 Å². The van der Waals surface area contributed by atoms with Crippen molar-refractivity contribution in [2.24, 2.45) is 23.7 Å². The number of nitrogens with one attached hydrogen (secondary N) is 1. The molecule has 0 aliphatic heterocycles. The molecule has 0 amide bonds. The van der Waals surface area contributed by atoms with Crippen LogP contribution < -0.4 is 5.32 Å². The summed E-state index contributed by atoms with van der Waals surface area (Å²) in [6.07, 6.45) is -0.0541. The maximum absolute atomic E-state index is 12.6. The van der Waals surface area contributed by atoms with Crippen LogP contribution in [-0.4, -0.2) is 6.04 Å². The third kappa shape index (κ3) is 2.19. The summed E-state index contributed by atoms with van der Waals surface area (Å²) < 4.78 is 37.7. The Morgan fingerprint density at radius 2 is 1.62 bits per heavy atom. The number of fused-ring (bicyclic) bond motifs is 5. The van der Waals surface area contributed by atoms with Gasteiger partial charge in [-0.25, -0.2) is 0 Å². The van der Waals surface area contributed by atoms with E-state index in [1.54, 1.807) is 12.1 Å². The topological polar surface area (TPSA) is 12.0 Å². The SMILES string of the molecule is CC(NC1C2C3CCC(C3)C12)c1ccc(C(F)(F)F)cc1. The van der Waals surface area contributed by atoms with Crippen molar-refractivity contribution in [1.29, 1.82) is 0 Å². The molecule has 0 heterocycles. The fourth-order valence-electron chi connectivity index (χ4n) is 4.89. The molecule has 0 saturated heterocycles. The first-order valence-corrected chi connectivity index (χ1v) is 7.88. The van der Waals surface area contributed by atoms with Crippen LogP contribution in [0.25, 0.3) is 0 Å². The second-order valence-corrected chi connectivity index (χ2v) is 7.02. The van der Waals surface area contributed by atoms with Crippen molar-refractivity contribution in [1.82, 2.24) is 5.32 Å². The molecule has 21 heavy (non-hydrogen) atoms. The number of alkyl halides is 3. The summed E-state index contributed by atoms with van der Waals surface area (Å²) in [6, 6.07) is 6.31. The fourth-order valence-corrected chi connectivity index (χ4v) is 4.89. The van der Waals surface area contributed by atoms with Crippen molar-refractivity contribution in [3.05, 3.63) is 35.4 Å². The molecule has 114 valence electrons. The van der Waals surface area contributed by atoms with Crippen molar-refractivity contribution in [2.45, 2.75) is 44.4 Å². The summed E-state index contributed by atoms with van der Waals surface area (Å²) in [5.74, 6) is 3.52. The molecule has 0 radical (unpaired) electrons. The Labute approximate surface area is 122 Å². The van der Waals surface area contributed by atoms with Crippen LogP contribution >= 0.6 is 0 Å². The molecule has 0 aromatic heterocycles. The van der Waals surface area contributed by atoms with E-state index < -0.39 is 11.7 Å². The highest BCUT2D eigenvalue weighted by Crippen LogP contribution is 2.65. The van der Waals surface area contributed by atoms with Crippen LogP contribution in [0.4, 0.5) is 13.2 Å². The van der Waals surface area contributed by atoms with Gasteiger partial charge in [0.2, 0.25) is 0 Å². The van der Waals surface area contributed by atoms with Gasteiger partial charge >= 0.3 is 6.18 Å². The van der Waals surface area contributed by atoms with Gasteiger partial charge in [0, 0.05) is 12.1 Å². The van der Waals surface area contributed by atoms with Gasteiger partial charge in [-0.3, -0.25) is 0 Å². The van der Waals surface area contributed by atoms with E-state index in [0.717, 1.165) is 29.2 Å². The molecule has 5 atom stereocenters. The van der Waals surface area contributed by atoms with Crippen molar-refractivity contribution >= 4 is 0 Å². The van der Waals surface area contributed by atoms with E-state index in [1.165, 1.54) is 31.4 Å². The molecule has 4 heteroatoms. The molecular weight excluding hydrogens is 275 g/mol. The first kappa shape index (κ1) is 13.6. The molecule has 4 rings (SSSR count). The Morgan fingerprint density at radius 3 is 2.14 bits per heavy atom. The van der Waals surface area contributed by atoms with E-state index in [-0.39, 0.29) is 6.04 Å². The zero-order valence-corrected chi connectivity index (χ0v) is 12.0. The maximum atomic E-state index is 12.6. The lowest BCUT2D eigenvalue weighted by Crippen LogP contribution is -2.26. The third-order valence-corrected chi connectivity index (χ3v) is 5.92. The number of hydrogen-bond donors (Lipinski definition) is 1. The zero-order chi connectivity index (χ0) is 14.8. The minimum absolute atomic E-state index is 0.127. The quantitative estimate of drug-likeness (QED) is 0.871. The third-order valence-electron chi connectivity index (χ3n) is 5.92. The van der Waals surface area contributed by atoms with Crippen LogP contribution in [0, 0.1) is 23.7 Å². The first-order valence-electron chi connectivity index (χ1n) is 7.88. The number of rotatable bonds is 3. The van der Waals surface area contributed by atoms with Gasteiger partial charge < -0.3 is 5.32 Å². The maximum Gasteiger partial charge on any atom is 0.416 e. The van der Waals surface area contributed by atoms with Gasteiger partial charge in [0.25, 0.3) is 0 Å². The van der Waals surface area contributed by atoms with Gasteiger partial charge in [0.15, 0.2) is 0 Å². The number of benzene rings is 1. The summed E-state index contributed by atoms with van der Waals surface area (Å²) in [5.41, 5.74) is 0.375. The highest BCUT2D eigenvalue weighted by atomic mass is 19.4. The van der Waals surface area contributed by atoms with Crippen molar-refractivity contribution < 1.29 is 13.2 Å². The average molecular weight is 295 g/mol. The Morgan fingerprint density at radius 1 is 1.05 bits per heavy atom. The molecule has 1 N–H and O–H groups in total. The molecule has 5 unspecified atom stereocenters. The van der Waals surface area contributed by atoms with E-state index in [2.05, 4.69) is 12.2 Å². The molecule has 3 saturated carbocycles. The summed E-state index contributed by atoms with van der Waals surface area (Å²) in [4.78, 5) is 0. The Balaban J connectivity index is 1.41. The minimum Gasteiger partial charge on any atom is -0.307 e. The van der Waals surface area contributed by atoms with Crippen molar-refractivity contribution in [3.63, 3.8) is 0 Å². The summed E-state index contributed by atoms with van der Waals surface area (Å²) >= 11 is 0. The lowest BCUT2D eigenvalue weighted by Gasteiger charge is -2.18. The lowest BCUT2D eigenvalue weighted by atomic mass is 10.0. The molecule has 1 aromatic carbocycles. The van der Waals surface area contributed by atoms with E-state index in [9.17, 15) is 13.2 Å². The second kappa shape index (κ2) is 4.48. The summed E-state index contributed by atoms with van der Waals surface area (Å²) in [7, 11) is 0. The van der Waals surface area contributed by atoms with Crippen molar-refractivity contribution in [3.8, 4) is 0 Å². The van der Waals surface area contributed by atoms with E-state index >= 15 is 0 Å². The second-order valence-electron chi connectivity index (χ2n) is 7.02. The average Bonchev–Trinajstić information content (AvgIpc) is 2.83. The molecule has 2 bridgehead atoms. The van der Waals surface area contributed by atoms with Crippen LogP contribution in [0.2, 0.25) is 0 Å². The first-order chi connectivity index (χ1) is 9.95. The Kier molecular flexibility index (Phi) is 2.91. The van der Waals surface area contributed by atoms with Gasteiger partial charge in [-0.1, -0.05) is 12.1 Å². The molecule has 1 nitrogen and oxygen atoms in total. The van der Waals surface area contributed by atoms with Crippen LogP contribution in [0.1, 0.15) is 43.4 Å². The highest BCUT2D eigenvalue weighted by Gasteiger charge is 2.64. The Bertz CT molecular complexity index is 520. The van der Waals surface area contributed by atoms with Gasteiger partial charge in [-0.2, -0.15) is 13.2 Å². The standard InChI is InChI=1S/C17H20F3N/c1-9(10-4-6-13(7-5-10)17(18,19)20)21-16-14-11-2-3-12(8-11)15(14)16/h4-7,9,11-12,14-16,21H,2-3,8H2,1H3. The van der Waals surface area contributed by atoms with Crippen LogP contribution in [-0.2, 0) is 6.18 Å². The molecule has 3 fully saturated rings. The van der Waals surface area contributed by atoms with E-state index in [4.69, 9.17) is 0 Å². The monoisotopic (exact) mass is 295 g/mol. The lowest BCUT2D eigenvalue weighted by molar-refractivity contribution is -0.137. The predicted molar refractivity (Wildman–Crippen MR) is 74.6 cm³/mol. The molecule has 0 spiro atoms. The largest absolute Gasteiger partial charge is 0.416 e. The molecular formula is C17H20F3N. The summed E-state index contributed by atoms with van der Waals surface area (Å²) in [5, 5.41) is 3.65. The number of hydrogen-bond acceptors (Lipinski definition) is 1. The van der Waals surface area contributed by atoms with E-state index in [0.29, 0.717) is 6.04 Å². The minimum atomic E-state index is -4.25. The molecule has 3 aliphatic rings. The highest BCUT2D eigenvalue weighted by molar-refractivity contribution is 5.27. The van der Waals surface area contributed by atoms with Gasteiger partial charge in [-0.15, -0.1) is 0 Å². The summed E-state index contributed by atoms with van der Waals surface area (Å²) in [6.45, 7) is 2.05. The van der Waals surface area contributed by atoms with Crippen molar-refractivity contribution in [2.75, 3.05) is 0 Å². The normalized spacial score (nSPS) is 38.4. The van der Waals surface area contributed by atoms with Crippen LogP contribution in [0.15, 0.2) is 24.3 Å². The van der Waals surface area contributed by atoms with E-state index in [1.807, 2.05) is 0 Å². The van der Waals surface area contributed by atoms with Crippen LogP contribution in [0.5, 0.6) is 0 Å². The zero-order valence-electron chi connectivity index (χ0n) is 12.0. The van der Waals surface area contributed by atoms with Gasteiger partial charge in [0.05, 0.1) is 5.56 Å². The predicted octanol–water partition coefficient (Wildman–Crippen LogP) is 4.40. The van der Waals surface area contributed by atoms with Crippen LogP contribution in [0.3, 0.4) is 0 Å².